The summed E-state index contributed by atoms with van der Waals surface area (Å²) in [6.45, 7) is 10.2. The summed E-state index contributed by atoms with van der Waals surface area (Å²) in [5, 5.41) is 20.4. The van der Waals surface area contributed by atoms with Gasteiger partial charge in [0.15, 0.2) is 0 Å². The van der Waals surface area contributed by atoms with Crippen molar-refractivity contribution in [2.24, 2.45) is 11.7 Å². The summed E-state index contributed by atoms with van der Waals surface area (Å²) in [5.74, 6) is 0.695. The molecule has 0 saturated carbocycles. The molecule has 4 N–H and O–H groups in total. The molecule has 120 valence electrons. The van der Waals surface area contributed by atoms with E-state index in [4.69, 9.17) is 5.73 Å². The third-order valence-corrected chi connectivity index (χ3v) is 3.96. The maximum absolute atomic E-state index is 10.2. The zero-order valence-electron chi connectivity index (χ0n) is 13.7. The van der Waals surface area contributed by atoms with E-state index in [1.807, 2.05) is 12.1 Å². The number of rotatable bonds is 8. The number of phenols is 1. The molecule has 0 aliphatic carbocycles. The average Bonchev–Trinajstić information content (AvgIpc) is 2.45. The molecule has 2 atom stereocenters. The molecule has 0 aliphatic heterocycles. The van der Waals surface area contributed by atoms with Crippen LogP contribution in [0.15, 0.2) is 18.2 Å². The number of anilines is 1. The standard InChI is InChI=1S/C17H30N2O2/c1-5-19(6-2)13-8-9-14(16(21)11-13)17(18)15(20)10-7-12(3)4/h8-9,11-12,15,17,20-21H,5-7,10,18H2,1-4H3/t15-,17+/m0/s1. The van der Waals surface area contributed by atoms with Gasteiger partial charge in [-0.15, -0.1) is 0 Å². The van der Waals surface area contributed by atoms with Crippen molar-refractivity contribution in [2.75, 3.05) is 18.0 Å². The number of hydrogen-bond donors (Lipinski definition) is 3. The van der Waals surface area contributed by atoms with Gasteiger partial charge in [0.1, 0.15) is 5.75 Å². The molecule has 1 aromatic carbocycles. The highest BCUT2D eigenvalue weighted by Crippen LogP contribution is 2.30. The van der Waals surface area contributed by atoms with Gasteiger partial charge in [-0.1, -0.05) is 19.9 Å². The fourth-order valence-electron chi connectivity index (χ4n) is 2.49. The highest BCUT2D eigenvalue weighted by Gasteiger charge is 2.20. The Morgan fingerprint density at radius 1 is 1.14 bits per heavy atom. The lowest BCUT2D eigenvalue weighted by atomic mass is 9.95. The fourth-order valence-corrected chi connectivity index (χ4v) is 2.49. The topological polar surface area (TPSA) is 69.7 Å². The summed E-state index contributed by atoms with van der Waals surface area (Å²) in [5.41, 5.74) is 7.68. The monoisotopic (exact) mass is 294 g/mol. The number of phenolic OH excluding ortho intramolecular Hbond substituents is 1. The van der Waals surface area contributed by atoms with Crippen LogP contribution < -0.4 is 10.6 Å². The highest BCUT2D eigenvalue weighted by molar-refractivity contribution is 5.54. The second kappa shape index (κ2) is 8.25. The summed E-state index contributed by atoms with van der Waals surface area (Å²) in [6, 6.07) is 4.97. The molecule has 0 bridgehead atoms. The minimum absolute atomic E-state index is 0.162. The van der Waals surface area contributed by atoms with Crippen molar-refractivity contribution >= 4 is 5.69 Å². The first kappa shape index (κ1) is 17.8. The summed E-state index contributed by atoms with van der Waals surface area (Å²) >= 11 is 0. The lowest BCUT2D eigenvalue weighted by Crippen LogP contribution is -2.27. The summed E-state index contributed by atoms with van der Waals surface area (Å²) in [7, 11) is 0. The molecule has 0 heterocycles. The van der Waals surface area contributed by atoms with Crippen LogP contribution in [-0.2, 0) is 0 Å². The molecular formula is C17H30N2O2. The van der Waals surface area contributed by atoms with Crippen LogP contribution in [0.4, 0.5) is 5.69 Å². The molecule has 0 fully saturated rings. The van der Waals surface area contributed by atoms with Gasteiger partial charge in [-0.2, -0.15) is 0 Å². The number of aromatic hydroxyl groups is 1. The largest absolute Gasteiger partial charge is 0.508 e. The second-order valence-corrected chi connectivity index (χ2v) is 5.98. The zero-order valence-corrected chi connectivity index (χ0v) is 13.7. The van der Waals surface area contributed by atoms with Gasteiger partial charge in [0.05, 0.1) is 12.1 Å². The number of nitrogens with two attached hydrogens (primary N) is 1. The normalized spacial score (nSPS) is 14.2. The first-order valence-corrected chi connectivity index (χ1v) is 7.92. The third kappa shape index (κ3) is 4.90. The van der Waals surface area contributed by atoms with Crippen LogP contribution in [0.25, 0.3) is 0 Å². The molecule has 0 unspecified atom stereocenters. The Morgan fingerprint density at radius 2 is 1.76 bits per heavy atom. The highest BCUT2D eigenvalue weighted by atomic mass is 16.3. The van der Waals surface area contributed by atoms with Gasteiger partial charge in [0.25, 0.3) is 0 Å². The molecule has 0 spiro atoms. The van der Waals surface area contributed by atoms with E-state index in [-0.39, 0.29) is 5.75 Å². The van der Waals surface area contributed by atoms with Crippen molar-refractivity contribution in [1.29, 1.82) is 0 Å². The second-order valence-electron chi connectivity index (χ2n) is 5.98. The van der Waals surface area contributed by atoms with Crippen LogP contribution in [0.3, 0.4) is 0 Å². The first-order valence-electron chi connectivity index (χ1n) is 7.92. The Labute approximate surface area is 128 Å². The smallest absolute Gasteiger partial charge is 0.122 e. The van der Waals surface area contributed by atoms with Gasteiger partial charge in [0, 0.05) is 30.4 Å². The van der Waals surface area contributed by atoms with E-state index in [0.717, 1.165) is 25.2 Å². The molecule has 4 nitrogen and oxygen atoms in total. The van der Waals surface area contributed by atoms with E-state index in [2.05, 4.69) is 32.6 Å². The van der Waals surface area contributed by atoms with Crippen LogP contribution in [-0.4, -0.2) is 29.4 Å². The van der Waals surface area contributed by atoms with Crippen molar-refractivity contribution in [2.45, 2.75) is 52.7 Å². The van der Waals surface area contributed by atoms with Crippen molar-refractivity contribution in [3.05, 3.63) is 23.8 Å². The van der Waals surface area contributed by atoms with Crippen LogP contribution in [0, 0.1) is 5.92 Å². The lowest BCUT2D eigenvalue weighted by Gasteiger charge is -2.24. The maximum Gasteiger partial charge on any atom is 0.122 e. The summed E-state index contributed by atoms with van der Waals surface area (Å²) < 4.78 is 0. The van der Waals surface area contributed by atoms with E-state index in [0.29, 0.717) is 17.9 Å². The number of aliphatic hydroxyl groups excluding tert-OH is 1. The number of hydrogen-bond acceptors (Lipinski definition) is 4. The molecule has 0 aliphatic rings. The predicted molar refractivity (Wildman–Crippen MR) is 88.7 cm³/mol. The van der Waals surface area contributed by atoms with Gasteiger partial charge in [0.2, 0.25) is 0 Å². The molecular weight excluding hydrogens is 264 g/mol. The number of aliphatic hydroxyl groups is 1. The minimum Gasteiger partial charge on any atom is -0.508 e. The van der Waals surface area contributed by atoms with Gasteiger partial charge in [-0.05, 0) is 38.7 Å². The Morgan fingerprint density at radius 3 is 2.24 bits per heavy atom. The lowest BCUT2D eigenvalue weighted by molar-refractivity contribution is 0.127. The fraction of sp³-hybridized carbons (Fsp3) is 0.647. The third-order valence-electron chi connectivity index (χ3n) is 3.96. The van der Waals surface area contributed by atoms with Crippen LogP contribution in [0.5, 0.6) is 5.75 Å². The van der Waals surface area contributed by atoms with Crippen LogP contribution >= 0.6 is 0 Å². The Kier molecular flexibility index (Phi) is 6.99. The maximum atomic E-state index is 10.2. The molecule has 0 radical (unpaired) electrons. The van der Waals surface area contributed by atoms with Gasteiger partial charge in [-0.3, -0.25) is 0 Å². The molecule has 0 aromatic heterocycles. The average molecular weight is 294 g/mol. The van der Waals surface area contributed by atoms with Crippen LogP contribution in [0.2, 0.25) is 0 Å². The summed E-state index contributed by atoms with van der Waals surface area (Å²) in [4.78, 5) is 2.16. The van der Waals surface area contributed by atoms with Crippen molar-refractivity contribution in [1.82, 2.24) is 0 Å². The first-order chi connectivity index (χ1) is 9.90. The molecule has 4 heteroatoms. The molecule has 0 saturated heterocycles. The zero-order chi connectivity index (χ0) is 16.0. The Bertz CT molecular complexity index is 431. The van der Waals surface area contributed by atoms with Crippen molar-refractivity contribution in [3.8, 4) is 5.75 Å². The SMILES string of the molecule is CCN(CC)c1ccc([C@@H](N)[C@@H](O)CCC(C)C)c(O)c1. The molecule has 0 amide bonds. The molecule has 1 aromatic rings. The van der Waals surface area contributed by atoms with Crippen molar-refractivity contribution in [3.63, 3.8) is 0 Å². The molecule has 1 rings (SSSR count). The minimum atomic E-state index is -0.627. The van der Waals surface area contributed by atoms with Crippen LogP contribution in [0.1, 0.15) is 52.1 Å². The Hall–Kier alpha value is -1.26. The number of benzene rings is 1. The van der Waals surface area contributed by atoms with E-state index < -0.39 is 12.1 Å². The quantitative estimate of drug-likeness (QED) is 0.689. The predicted octanol–water partition coefficient (Wildman–Crippen LogP) is 3.04. The van der Waals surface area contributed by atoms with E-state index in [9.17, 15) is 10.2 Å². The Balaban J connectivity index is 2.83. The molecule has 21 heavy (non-hydrogen) atoms. The van der Waals surface area contributed by atoms with Gasteiger partial charge >= 0.3 is 0 Å². The van der Waals surface area contributed by atoms with Gasteiger partial charge < -0.3 is 20.8 Å². The number of nitrogens with zero attached hydrogens (tertiary/aromatic N) is 1. The van der Waals surface area contributed by atoms with Gasteiger partial charge in [-0.25, -0.2) is 0 Å². The summed E-state index contributed by atoms with van der Waals surface area (Å²) in [6.07, 6.45) is 0.945. The van der Waals surface area contributed by atoms with Crippen molar-refractivity contribution < 1.29 is 10.2 Å². The van der Waals surface area contributed by atoms with E-state index in [1.54, 1.807) is 6.07 Å². The van der Waals surface area contributed by atoms with E-state index in [1.165, 1.54) is 0 Å². The van der Waals surface area contributed by atoms with E-state index >= 15 is 0 Å².